The van der Waals surface area contributed by atoms with Gasteiger partial charge in [0, 0.05) is 20.8 Å². The Kier molecular flexibility index (Phi) is 4.07. The third-order valence-corrected chi connectivity index (χ3v) is 4.84. The summed E-state index contributed by atoms with van der Waals surface area (Å²) >= 11 is 7.02. The van der Waals surface area contributed by atoms with E-state index in [0.717, 1.165) is 26.0 Å². The van der Waals surface area contributed by atoms with Gasteiger partial charge in [-0.2, -0.15) is 0 Å². The normalized spacial score (nSPS) is 10.5. The van der Waals surface area contributed by atoms with E-state index < -0.39 is 0 Å². The zero-order valence-electron chi connectivity index (χ0n) is 10.5. The molecule has 0 atom stereocenters. The molecule has 0 bridgehead atoms. The Bertz CT molecular complexity index is 571. The first-order valence-corrected chi connectivity index (χ1v) is 7.22. The molecule has 0 fully saturated rings. The van der Waals surface area contributed by atoms with Crippen LogP contribution in [0.25, 0.3) is 0 Å². The predicted molar refractivity (Wildman–Crippen MR) is 83.6 cm³/mol. The molecule has 1 aromatic carbocycles. The van der Waals surface area contributed by atoms with Gasteiger partial charge in [-0.05, 0) is 71.6 Å². The standard InChI is InChI=1S/C14H14Br2N2/c1-8-6-13(17-7-12(8)15)18-11-4-9(2)14(16)10(3)5-11/h4-7H,1-3H3,(H,17,18). The third-order valence-electron chi connectivity index (χ3n) is 2.76. The van der Waals surface area contributed by atoms with Crippen LogP contribution in [0, 0.1) is 20.8 Å². The van der Waals surface area contributed by atoms with Crippen molar-refractivity contribution in [3.05, 3.63) is 50.0 Å². The molecule has 2 aromatic rings. The Morgan fingerprint density at radius 3 is 2.11 bits per heavy atom. The lowest BCUT2D eigenvalue weighted by Gasteiger charge is -2.10. The number of aromatic nitrogens is 1. The Balaban J connectivity index is 2.31. The summed E-state index contributed by atoms with van der Waals surface area (Å²) in [6, 6.07) is 6.24. The van der Waals surface area contributed by atoms with Crippen LogP contribution in [-0.2, 0) is 0 Å². The smallest absolute Gasteiger partial charge is 0.130 e. The van der Waals surface area contributed by atoms with Gasteiger partial charge in [0.1, 0.15) is 5.82 Å². The minimum atomic E-state index is 0.858. The summed E-state index contributed by atoms with van der Waals surface area (Å²) in [5, 5.41) is 3.33. The predicted octanol–water partition coefficient (Wildman–Crippen LogP) is 5.28. The maximum atomic E-state index is 4.35. The lowest BCUT2D eigenvalue weighted by molar-refractivity contribution is 1.24. The van der Waals surface area contributed by atoms with Crippen LogP contribution in [0.2, 0.25) is 0 Å². The zero-order valence-corrected chi connectivity index (χ0v) is 13.7. The van der Waals surface area contributed by atoms with Crippen molar-refractivity contribution in [1.29, 1.82) is 0 Å². The van der Waals surface area contributed by atoms with Crippen LogP contribution in [0.15, 0.2) is 33.3 Å². The van der Waals surface area contributed by atoms with Crippen molar-refractivity contribution in [3.8, 4) is 0 Å². The highest BCUT2D eigenvalue weighted by molar-refractivity contribution is 9.10. The maximum Gasteiger partial charge on any atom is 0.130 e. The fourth-order valence-corrected chi connectivity index (χ4v) is 2.22. The lowest BCUT2D eigenvalue weighted by atomic mass is 10.1. The first-order valence-electron chi connectivity index (χ1n) is 5.63. The zero-order chi connectivity index (χ0) is 13.3. The molecule has 0 aliphatic rings. The van der Waals surface area contributed by atoms with Crippen molar-refractivity contribution in [2.45, 2.75) is 20.8 Å². The molecule has 0 unspecified atom stereocenters. The number of halogens is 2. The summed E-state index contributed by atoms with van der Waals surface area (Å²) in [5.74, 6) is 0.858. The number of hydrogen-bond donors (Lipinski definition) is 1. The van der Waals surface area contributed by atoms with Crippen molar-refractivity contribution >= 4 is 43.4 Å². The molecule has 94 valence electrons. The highest BCUT2D eigenvalue weighted by Crippen LogP contribution is 2.27. The summed E-state index contributed by atoms with van der Waals surface area (Å²) in [4.78, 5) is 4.35. The first-order chi connectivity index (χ1) is 8.47. The number of rotatable bonds is 2. The van der Waals surface area contributed by atoms with Gasteiger partial charge in [-0.15, -0.1) is 0 Å². The summed E-state index contributed by atoms with van der Waals surface area (Å²) in [7, 11) is 0. The van der Waals surface area contributed by atoms with Gasteiger partial charge >= 0.3 is 0 Å². The molecule has 18 heavy (non-hydrogen) atoms. The number of nitrogens with one attached hydrogen (secondary N) is 1. The molecular formula is C14H14Br2N2. The molecule has 0 aliphatic heterocycles. The Hall–Kier alpha value is -0.870. The third kappa shape index (κ3) is 2.93. The molecule has 1 N–H and O–H groups in total. The van der Waals surface area contributed by atoms with Gasteiger partial charge in [0.2, 0.25) is 0 Å². The molecule has 0 aliphatic carbocycles. The molecule has 0 radical (unpaired) electrons. The number of pyridine rings is 1. The largest absolute Gasteiger partial charge is 0.340 e. The number of hydrogen-bond acceptors (Lipinski definition) is 2. The first kappa shape index (κ1) is 13.6. The van der Waals surface area contributed by atoms with E-state index in [0.29, 0.717) is 0 Å². The van der Waals surface area contributed by atoms with Crippen molar-refractivity contribution in [2.75, 3.05) is 5.32 Å². The average Bonchev–Trinajstić information content (AvgIpc) is 2.31. The van der Waals surface area contributed by atoms with E-state index >= 15 is 0 Å². The Morgan fingerprint density at radius 2 is 1.56 bits per heavy atom. The van der Waals surface area contributed by atoms with E-state index in [1.54, 1.807) is 0 Å². The van der Waals surface area contributed by atoms with E-state index in [1.807, 2.05) is 12.3 Å². The molecule has 0 saturated heterocycles. The fourth-order valence-electron chi connectivity index (χ4n) is 1.77. The van der Waals surface area contributed by atoms with Crippen LogP contribution in [0.4, 0.5) is 11.5 Å². The van der Waals surface area contributed by atoms with Gasteiger partial charge in [0.05, 0.1) is 0 Å². The van der Waals surface area contributed by atoms with E-state index in [9.17, 15) is 0 Å². The van der Waals surface area contributed by atoms with E-state index in [4.69, 9.17) is 0 Å². The van der Waals surface area contributed by atoms with Crippen molar-refractivity contribution in [2.24, 2.45) is 0 Å². The number of nitrogens with zero attached hydrogens (tertiary/aromatic N) is 1. The molecule has 0 amide bonds. The minimum absolute atomic E-state index is 0.858. The number of aryl methyl sites for hydroxylation is 3. The summed E-state index contributed by atoms with van der Waals surface area (Å²) in [6.07, 6.45) is 1.82. The average molecular weight is 370 g/mol. The molecule has 0 spiro atoms. The molecule has 0 saturated carbocycles. The van der Waals surface area contributed by atoms with Crippen LogP contribution in [0.1, 0.15) is 16.7 Å². The highest BCUT2D eigenvalue weighted by atomic mass is 79.9. The molecular weight excluding hydrogens is 356 g/mol. The lowest BCUT2D eigenvalue weighted by Crippen LogP contribution is -1.96. The molecule has 2 rings (SSSR count). The topological polar surface area (TPSA) is 24.9 Å². The van der Waals surface area contributed by atoms with Crippen molar-refractivity contribution in [3.63, 3.8) is 0 Å². The second-order valence-electron chi connectivity index (χ2n) is 4.37. The molecule has 2 nitrogen and oxygen atoms in total. The quantitative estimate of drug-likeness (QED) is 0.779. The van der Waals surface area contributed by atoms with E-state index in [2.05, 4.69) is 75.1 Å². The monoisotopic (exact) mass is 368 g/mol. The summed E-state index contributed by atoms with van der Waals surface area (Å²) < 4.78 is 2.18. The van der Waals surface area contributed by atoms with Crippen LogP contribution in [-0.4, -0.2) is 4.98 Å². The van der Waals surface area contributed by atoms with Gasteiger partial charge in [-0.1, -0.05) is 15.9 Å². The summed E-state index contributed by atoms with van der Waals surface area (Å²) in [6.45, 7) is 6.22. The fraction of sp³-hybridized carbons (Fsp3) is 0.214. The van der Waals surface area contributed by atoms with Crippen LogP contribution < -0.4 is 5.32 Å². The molecule has 4 heteroatoms. The number of benzene rings is 1. The van der Waals surface area contributed by atoms with Gasteiger partial charge in [-0.3, -0.25) is 0 Å². The Morgan fingerprint density at radius 1 is 0.944 bits per heavy atom. The van der Waals surface area contributed by atoms with Crippen LogP contribution >= 0.6 is 31.9 Å². The van der Waals surface area contributed by atoms with Gasteiger partial charge < -0.3 is 5.32 Å². The maximum absolute atomic E-state index is 4.35. The second kappa shape index (κ2) is 5.41. The summed E-state index contributed by atoms with van der Waals surface area (Å²) in [5.41, 5.74) is 4.65. The van der Waals surface area contributed by atoms with Gasteiger partial charge in [0.25, 0.3) is 0 Å². The van der Waals surface area contributed by atoms with Crippen LogP contribution in [0.3, 0.4) is 0 Å². The second-order valence-corrected chi connectivity index (χ2v) is 6.02. The van der Waals surface area contributed by atoms with Gasteiger partial charge in [0.15, 0.2) is 0 Å². The minimum Gasteiger partial charge on any atom is -0.340 e. The van der Waals surface area contributed by atoms with Crippen LogP contribution in [0.5, 0.6) is 0 Å². The molecule has 1 heterocycles. The van der Waals surface area contributed by atoms with E-state index in [-0.39, 0.29) is 0 Å². The SMILES string of the molecule is Cc1cc(Nc2cc(C)c(Br)c(C)c2)ncc1Br. The number of anilines is 2. The van der Waals surface area contributed by atoms with Crippen molar-refractivity contribution in [1.82, 2.24) is 4.98 Å². The van der Waals surface area contributed by atoms with Gasteiger partial charge in [-0.25, -0.2) is 4.98 Å². The highest BCUT2D eigenvalue weighted by Gasteiger charge is 2.04. The van der Waals surface area contributed by atoms with Crippen molar-refractivity contribution < 1.29 is 0 Å². The van der Waals surface area contributed by atoms with E-state index in [1.165, 1.54) is 11.1 Å². The Labute approximate surface area is 124 Å². The molecule has 1 aromatic heterocycles.